The summed E-state index contributed by atoms with van der Waals surface area (Å²) in [4.78, 5) is 0. The lowest BCUT2D eigenvalue weighted by Crippen LogP contribution is -1.98. The molecule has 0 radical (unpaired) electrons. The first-order valence-electron chi connectivity index (χ1n) is 4.57. The Morgan fingerprint density at radius 1 is 1.38 bits per heavy atom. The third kappa shape index (κ3) is 2.97. The molecule has 0 atom stereocenters. The number of rotatable bonds is 3. The van der Waals surface area contributed by atoms with Crippen molar-refractivity contribution in [3.05, 3.63) is 49.8 Å². The minimum absolute atomic E-state index is 0.136. The van der Waals surface area contributed by atoms with Crippen molar-refractivity contribution in [2.75, 3.05) is 5.32 Å². The SMILES string of the molecule is Fc1ccc(NCc2csc(Br)c2)cc1Cl. The second-order valence-corrected chi connectivity index (χ2v) is 5.94. The number of benzene rings is 1. The second kappa shape index (κ2) is 5.17. The molecule has 0 amide bonds. The van der Waals surface area contributed by atoms with E-state index in [1.165, 1.54) is 11.6 Å². The van der Waals surface area contributed by atoms with Crippen molar-refractivity contribution < 1.29 is 4.39 Å². The summed E-state index contributed by atoms with van der Waals surface area (Å²) in [6.07, 6.45) is 0. The molecule has 1 N–H and O–H groups in total. The summed E-state index contributed by atoms with van der Waals surface area (Å²) in [5, 5.41) is 5.37. The lowest BCUT2D eigenvalue weighted by molar-refractivity contribution is 0.628. The summed E-state index contributed by atoms with van der Waals surface area (Å²) < 4.78 is 14.0. The molecule has 0 bridgehead atoms. The first-order valence-corrected chi connectivity index (χ1v) is 6.62. The monoisotopic (exact) mass is 319 g/mol. The maximum atomic E-state index is 12.9. The van der Waals surface area contributed by atoms with Crippen molar-refractivity contribution in [2.24, 2.45) is 0 Å². The van der Waals surface area contributed by atoms with Gasteiger partial charge in [0.15, 0.2) is 0 Å². The molecule has 84 valence electrons. The summed E-state index contributed by atoms with van der Waals surface area (Å²) in [5.74, 6) is -0.398. The third-order valence-electron chi connectivity index (χ3n) is 2.04. The lowest BCUT2D eigenvalue weighted by atomic mass is 10.3. The van der Waals surface area contributed by atoms with Crippen LogP contribution in [0.25, 0.3) is 0 Å². The van der Waals surface area contributed by atoms with E-state index in [0.717, 1.165) is 9.47 Å². The zero-order chi connectivity index (χ0) is 11.5. The van der Waals surface area contributed by atoms with Crippen molar-refractivity contribution in [3.63, 3.8) is 0 Å². The molecule has 0 saturated heterocycles. The number of hydrogen-bond acceptors (Lipinski definition) is 2. The Labute approximate surface area is 110 Å². The predicted molar refractivity (Wildman–Crippen MR) is 70.8 cm³/mol. The van der Waals surface area contributed by atoms with Gasteiger partial charge >= 0.3 is 0 Å². The Morgan fingerprint density at radius 3 is 2.81 bits per heavy atom. The van der Waals surface area contributed by atoms with Crippen LogP contribution in [-0.4, -0.2) is 0 Å². The van der Waals surface area contributed by atoms with E-state index in [1.54, 1.807) is 23.5 Å². The number of anilines is 1. The Morgan fingerprint density at radius 2 is 2.19 bits per heavy atom. The first-order chi connectivity index (χ1) is 7.65. The van der Waals surface area contributed by atoms with Gasteiger partial charge in [-0.3, -0.25) is 0 Å². The Kier molecular flexibility index (Phi) is 3.84. The molecule has 1 nitrogen and oxygen atoms in total. The molecule has 0 aliphatic heterocycles. The van der Waals surface area contributed by atoms with Gasteiger partial charge in [-0.15, -0.1) is 11.3 Å². The number of hydrogen-bond donors (Lipinski definition) is 1. The van der Waals surface area contributed by atoms with Crippen molar-refractivity contribution in [2.45, 2.75) is 6.54 Å². The van der Waals surface area contributed by atoms with Crippen LogP contribution < -0.4 is 5.32 Å². The van der Waals surface area contributed by atoms with E-state index in [9.17, 15) is 4.39 Å². The van der Waals surface area contributed by atoms with E-state index in [2.05, 4.69) is 26.6 Å². The largest absolute Gasteiger partial charge is 0.381 e. The molecule has 0 fully saturated rings. The van der Waals surface area contributed by atoms with Crippen LogP contribution >= 0.6 is 38.9 Å². The summed E-state index contributed by atoms with van der Waals surface area (Å²) >= 11 is 10.7. The molecule has 0 aliphatic rings. The van der Waals surface area contributed by atoms with Gasteiger partial charge in [0.2, 0.25) is 0 Å². The van der Waals surface area contributed by atoms with Crippen LogP contribution in [0, 0.1) is 5.82 Å². The molecule has 0 unspecified atom stereocenters. The van der Waals surface area contributed by atoms with Gasteiger partial charge in [-0.25, -0.2) is 4.39 Å². The summed E-state index contributed by atoms with van der Waals surface area (Å²) in [6, 6.07) is 6.65. The molecule has 2 rings (SSSR count). The Bertz CT molecular complexity index is 500. The standard InChI is InChI=1S/C11H8BrClFNS/c12-11-3-7(6-16-11)5-15-8-1-2-10(14)9(13)4-8/h1-4,6,15H,5H2. The zero-order valence-electron chi connectivity index (χ0n) is 8.14. The van der Waals surface area contributed by atoms with Crippen LogP contribution in [-0.2, 0) is 6.54 Å². The number of halogens is 3. The van der Waals surface area contributed by atoms with Gasteiger partial charge in [0, 0.05) is 12.2 Å². The van der Waals surface area contributed by atoms with Gasteiger partial charge in [0.25, 0.3) is 0 Å². The molecule has 5 heteroatoms. The van der Waals surface area contributed by atoms with Gasteiger partial charge in [0.1, 0.15) is 5.82 Å². The fraction of sp³-hybridized carbons (Fsp3) is 0.0909. The molecule has 0 saturated carbocycles. The van der Waals surface area contributed by atoms with Gasteiger partial charge in [-0.05, 0) is 51.1 Å². The first kappa shape index (κ1) is 11.9. The van der Waals surface area contributed by atoms with Crippen LogP contribution in [0.2, 0.25) is 5.02 Å². The normalized spacial score (nSPS) is 10.4. The fourth-order valence-corrected chi connectivity index (χ4v) is 2.64. The molecule has 16 heavy (non-hydrogen) atoms. The van der Waals surface area contributed by atoms with Gasteiger partial charge < -0.3 is 5.32 Å². The Hall–Kier alpha value is -0.580. The maximum Gasteiger partial charge on any atom is 0.141 e. The van der Waals surface area contributed by atoms with Crippen LogP contribution in [0.5, 0.6) is 0 Å². The molecular formula is C11H8BrClFNS. The molecular weight excluding hydrogens is 313 g/mol. The number of nitrogens with one attached hydrogen (secondary N) is 1. The topological polar surface area (TPSA) is 12.0 Å². The van der Waals surface area contributed by atoms with E-state index in [1.807, 2.05) is 6.07 Å². The molecule has 1 aromatic heterocycles. The highest BCUT2D eigenvalue weighted by atomic mass is 79.9. The second-order valence-electron chi connectivity index (χ2n) is 3.24. The van der Waals surface area contributed by atoms with Crippen molar-refractivity contribution in [3.8, 4) is 0 Å². The van der Waals surface area contributed by atoms with E-state index in [4.69, 9.17) is 11.6 Å². The van der Waals surface area contributed by atoms with Crippen LogP contribution in [0.4, 0.5) is 10.1 Å². The minimum Gasteiger partial charge on any atom is -0.381 e. The average Bonchev–Trinajstić information content (AvgIpc) is 2.66. The van der Waals surface area contributed by atoms with E-state index in [-0.39, 0.29) is 5.02 Å². The quantitative estimate of drug-likeness (QED) is 0.847. The summed E-state index contributed by atoms with van der Waals surface area (Å²) in [7, 11) is 0. The Balaban J connectivity index is 2.02. The van der Waals surface area contributed by atoms with Gasteiger partial charge in [-0.2, -0.15) is 0 Å². The van der Waals surface area contributed by atoms with Gasteiger partial charge in [-0.1, -0.05) is 11.6 Å². The molecule has 1 aromatic carbocycles. The highest BCUT2D eigenvalue weighted by Gasteiger charge is 2.01. The van der Waals surface area contributed by atoms with Crippen molar-refractivity contribution in [1.82, 2.24) is 0 Å². The molecule has 0 aliphatic carbocycles. The third-order valence-corrected chi connectivity index (χ3v) is 3.88. The summed E-state index contributed by atoms with van der Waals surface area (Å²) in [6.45, 7) is 0.698. The van der Waals surface area contributed by atoms with E-state index < -0.39 is 5.82 Å². The lowest BCUT2D eigenvalue weighted by Gasteiger charge is -2.05. The van der Waals surface area contributed by atoms with Gasteiger partial charge in [0.05, 0.1) is 8.81 Å². The fourth-order valence-electron chi connectivity index (χ4n) is 1.25. The molecule has 2 aromatic rings. The highest BCUT2D eigenvalue weighted by molar-refractivity contribution is 9.11. The predicted octanol–water partition coefficient (Wildman–Crippen LogP) is 4.92. The van der Waals surface area contributed by atoms with Crippen LogP contribution in [0.15, 0.2) is 33.4 Å². The smallest absolute Gasteiger partial charge is 0.141 e. The van der Waals surface area contributed by atoms with E-state index >= 15 is 0 Å². The molecule has 0 spiro atoms. The zero-order valence-corrected chi connectivity index (χ0v) is 11.3. The summed E-state index contributed by atoms with van der Waals surface area (Å²) in [5.41, 5.74) is 1.99. The number of thiophene rings is 1. The van der Waals surface area contributed by atoms with E-state index in [0.29, 0.717) is 6.54 Å². The average molecular weight is 321 g/mol. The van der Waals surface area contributed by atoms with Crippen molar-refractivity contribution in [1.29, 1.82) is 0 Å². The van der Waals surface area contributed by atoms with Crippen LogP contribution in [0.1, 0.15) is 5.56 Å². The maximum absolute atomic E-state index is 12.9. The minimum atomic E-state index is -0.398. The highest BCUT2D eigenvalue weighted by Crippen LogP contribution is 2.23. The van der Waals surface area contributed by atoms with Crippen molar-refractivity contribution >= 4 is 44.6 Å². The van der Waals surface area contributed by atoms with Crippen LogP contribution in [0.3, 0.4) is 0 Å². The molecule has 1 heterocycles.